The molecule has 7 heteroatoms. The Bertz CT molecular complexity index is 986. The Hall–Kier alpha value is -2.24. The summed E-state index contributed by atoms with van der Waals surface area (Å²) >= 11 is 12.0. The van der Waals surface area contributed by atoms with Crippen LogP contribution in [0.5, 0.6) is 0 Å². The zero-order valence-electron chi connectivity index (χ0n) is 13.1. The average molecular weight is 378 g/mol. The summed E-state index contributed by atoms with van der Waals surface area (Å²) in [5, 5.41) is 4.51. The third-order valence-corrected chi connectivity index (χ3v) is 4.95. The molecule has 3 aromatic rings. The number of halogens is 3. The first-order valence-corrected chi connectivity index (χ1v) is 8.57. The molecule has 0 saturated carbocycles. The van der Waals surface area contributed by atoms with Crippen LogP contribution in [-0.4, -0.2) is 22.5 Å². The van der Waals surface area contributed by atoms with E-state index in [0.29, 0.717) is 35.2 Å². The van der Waals surface area contributed by atoms with Gasteiger partial charge in [0.1, 0.15) is 5.82 Å². The average Bonchev–Trinajstić information content (AvgIpc) is 2.94. The fourth-order valence-corrected chi connectivity index (χ4v) is 3.60. The standard InChI is InChI=1S/C18H14Cl2FN3O/c19-10-1-3-17(14(20)7-10)23-18(25)24-6-5-16-13(9-24)12-8-11(21)2-4-15(12)22-16/h1-4,7-8,22H,5-6,9H2,(H,23,25). The van der Waals surface area contributed by atoms with Gasteiger partial charge in [0.25, 0.3) is 0 Å². The van der Waals surface area contributed by atoms with E-state index in [1.165, 1.54) is 12.1 Å². The first-order valence-electron chi connectivity index (χ1n) is 7.81. The molecule has 0 aliphatic carbocycles. The van der Waals surface area contributed by atoms with Gasteiger partial charge in [-0.05, 0) is 36.4 Å². The molecule has 0 fully saturated rings. The van der Waals surface area contributed by atoms with Crippen LogP contribution in [0.3, 0.4) is 0 Å². The topological polar surface area (TPSA) is 48.1 Å². The van der Waals surface area contributed by atoms with Crippen LogP contribution in [0.25, 0.3) is 10.9 Å². The van der Waals surface area contributed by atoms with Crippen LogP contribution in [0.15, 0.2) is 36.4 Å². The lowest BCUT2D eigenvalue weighted by molar-refractivity contribution is 0.206. The normalized spacial score (nSPS) is 13.8. The second-order valence-electron chi connectivity index (χ2n) is 6.00. The first kappa shape index (κ1) is 16.2. The fourth-order valence-electron chi connectivity index (χ4n) is 3.14. The Morgan fingerprint density at radius 1 is 1.20 bits per heavy atom. The lowest BCUT2D eigenvalue weighted by Gasteiger charge is -2.27. The van der Waals surface area contributed by atoms with Gasteiger partial charge in [-0.1, -0.05) is 23.2 Å². The van der Waals surface area contributed by atoms with Crippen molar-refractivity contribution in [2.75, 3.05) is 11.9 Å². The van der Waals surface area contributed by atoms with Crippen LogP contribution in [0.2, 0.25) is 10.0 Å². The molecule has 0 spiro atoms. The molecule has 1 aromatic heterocycles. The van der Waals surface area contributed by atoms with E-state index >= 15 is 0 Å². The number of anilines is 1. The highest BCUT2D eigenvalue weighted by Gasteiger charge is 2.24. The van der Waals surface area contributed by atoms with E-state index in [4.69, 9.17) is 23.2 Å². The zero-order valence-corrected chi connectivity index (χ0v) is 14.6. The molecule has 2 aromatic carbocycles. The molecule has 0 saturated heterocycles. The monoisotopic (exact) mass is 377 g/mol. The number of H-pyrrole nitrogens is 1. The van der Waals surface area contributed by atoms with Crippen molar-refractivity contribution in [1.29, 1.82) is 0 Å². The Morgan fingerprint density at radius 3 is 2.84 bits per heavy atom. The molecule has 25 heavy (non-hydrogen) atoms. The minimum atomic E-state index is -0.288. The van der Waals surface area contributed by atoms with Gasteiger partial charge in [-0.3, -0.25) is 0 Å². The van der Waals surface area contributed by atoms with Gasteiger partial charge in [0.15, 0.2) is 0 Å². The highest BCUT2D eigenvalue weighted by Crippen LogP contribution is 2.30. The summed E-state index contributed by atoms with van der Waals surface area (Å²) in [5.41, 5.74) is 3.40. The number of urea groups is 1. The molecule has 2 N–H and O–H groups in total. The Morgan fingerprint density at radius 2 is 2.04 bits per heavy atom. The molecule has 1 aliphatic heterocycles. The third-order valence-electron chi connectivity index (χ3n) is 4.40. The summed E-state index contributed by atoms with van der Waals surface area (Å²) in [6, 6.07) is 9.31. The van der Waals surface area contributed by atoms with Gasteiger partial charge in [-0.2, -0.15) is 0 Å². The van der Waals surface area contributed by atoms with Gasteiger partial charge in [-0.15, -0.1) is 0 Å². The predicted molar refractivity (Wildman–Crippen MR) is 97.9 cm³/mol. The van der Waals surface area contributed by atoms with Crippen LogP contribution in [-0.2, 0) is 13.0 Å². The quantitative estimate of drug-likeness (QED) is 0.601. The minimum Gasteiger partial charge on any atom is -0.358 e. The minimum absolute atomic E-state index is 0.249. The number of benzene rings is 2. The van der Waals surface area contributed by atoms with Crippen molar-refractivity contribution in [3.8, 4) is 0 Å². The van der Waals surface area contributed by atoms with Crippen molar-refractivity contribution in [3.63, 3.8) is 0 Å². The number of carbonyl (C=O) groups excluding carboxylic acids is 1. The summed E-state index contributed by atoms with van der Waals surface area (Å²) in [4.78, 5) is 17.6. The van der Waals surface area contributed by atoms with E-state index in [9.17, 15) is 9.18 Å². The number of hydrogen-bond acceptors (Lipinski definition) is 1. The molecular weight excluding hydrogens is 364 g/mol. The second kappa shape index (κ2) is 6.24. The number of aromatic nitrogens is 1. The molecule has 2 amide bonds. The maximum atomic E-state index is 13.6. The molecule has 0 bridgehead atoms. The smallest absolute Gasteiger partial charge is 0.322 e. The number of nitrogens with zero attached hydrogens (tertiary/aromatic N) is 1. The van der Waals surface area contributed by atoms with E-state index in [2.05, 4.69) is 10.3 Å². The van der Waals surface area contributed by atoms with Crippen LogP contribution in [0.1, 0.15) is 11.3 Å². The molecule has 128 valence electrons. The van der Waals surface area contributed by atoms with Crippen molar-refractivity contribution < 1.29 is 9.18 Å². The molecule has 4 rings (SSSR count). The lowest BCUT2D eigenvalue weighted by Crippen LogP contribution is -2.38. The maximum Gasteiger partial charge on any atom is 0.322 e. The van der Waals surface area contributed by atoms with E-state index in [0.717, 1.165) is 22.2 Å². The van der Waals surface area contributed by atoms with Crippen molar-refractivity contribution in [1.82, 2.24) is 9.88 Å². The summed E-state index contributed by atoms with van der Waals surface area (Å²) in [7, 11) is 0. The molecule has 0 unspecified atom stereocenters. The highest BCUT2D eigenvalue weighted by molar-refractivity contribution is 6.36. The zero-order chi connectivity index (χ0) is 17.6. The number of fused-ring (bicyclic) bond motifs is 3. The number of carbonyl (C=O) groups is 1. The number of rotatable bonds is 1. The Balaban J connectivity index is 1.58. The van der Waals surface area contributed by atoms with E-state index in [1.807, 2.05) is 0 Å². The molecule has 4 nitrogen and oxygen atoms in total. The van der Waals surface area contributed by atoms with Gasteiger partial charge in [0.2, 0.25) is 0 Å². The maximum absolute atomic E-state index is 13.6. The third kappa shape index (κ3) is 3.05. The molecule has 1 aliphatic rings. The van der Waals surface area contributed by atoms with Crippen LogP contribution in [0, 0.1) is 5.82 Å². The lowest BCUT2D eigenvalue weighted by atomic mass is 10.0. The largest absolute Gasteiger partial charge is 0.358 e. The van der Waals surface area contributed by atoms with E-state index in [-0.39, 0.29) is 11.8 Å². The fraction of sp³-hybridized carbons (Fsp3) is 0.167. The molecule has 2 heterocycles. The van der Waals surface area contributed by atoms with Gasteiger partial charge in [0, 0.05) is 46.7 Å². The number of amides is 2. The van der Waals surface area contributed by atoms with Gasteiger partial charge >= 0.3 is 6.03 Å². The first-order chi connectivity index (χ1) is 12.0. The van der Waals surface area contributed by atoms with Crippen LogP contribution in [0.4, 0.5) is 14.9 Å². The summed E-state index contributed by atoms with van der Waals surface area (Å²) in [5.74, 6) is -0.288. The molecule has 0 atom stereocenters. The Labute approximate surface area is 153 Å². The van der Waals surface area contributed by atoms with Gasteiger partial charge in [-0.25, -0.2) is 9.18 Å². The van der Waals surface area contributed by atoms with Gasteiger partial charge in [0.05, 0.1) is 10.7 Å². The number of hydrogen-bond donors (Lipinski definition) is 2. The number of nitrogens with one attached hydrogen (secondary N) is 2. The van der Waals surface area contributed by atoms with Crippen molar-refractivity contribution in [2.24, 2.45) is 0 Å². The van der Waals surface area contributed by atoms with Crippen molar-refractivity contribution in [2.45, 2.75) is 13.0 Å². The van der Waals surface area contributed by atoms with Crippen LogP contribution >= 0.6 is 23.2 Å². The highest BCUT2D eigenvalue weighted by atomic mass is 35.5. The van der Waals surface area contributed by atoms with Gasteiger partial charge < -0.3 is 15.2 Å². The van der Waals surface area contributed by atoms with E-state index in [1.54, 1.807) is 29.2 Å². The van der Waals surface area contributed by atoms with Crippen molar-refractivity contribution in [3.05, 3.63) is 63.5 Å². The summed E-state index contributed by atoms with van der Waals surface area (Å²) < 4.78 is 13.6. The molecular formula is C18H14Cl2FN3O. The summed E-state index contributed by atoms with van der Waals surface area (Å²) in [6.07, 6.45) is 0.688. The molecule has 0 radical (unpaired) electrons. The number of aromatic amines is 1. The second-order valence-corrected chi connectivity index (χ2v) is 6.84. The predicted octanol–water partition coefficient (Wildman–Crippen LogP) is 5.20. The van der Waals surface area contributed by atoms with Crippen LogP contribution < -0.4 is 5.32 Å². The van der Waals surface area contributed by atoms with E-state index < -0.39 is 0 Å². The Kier molecular flexibility index (Phi) is 4.06. The SMILES string of the molecule is O=C(Nc1ccc(Cl)cc1Cl)N1CCc2[nH]c3ccc(F)cc3c2C1. The van der Waals surface area contributed by atoms with Crippen molar-refractivity contribution >= 4 is 45.8 Å². The summed E-state index contributed by atoms with van der Waals surface area (Å²) in [6.45, 7) is 0.981.